The fourth-order valence-electron chi connectivity index (χ4n) is 3.70. The second-order valence-corrected chi connectivity index (χ2v) is 6.82. The number of halogens is 1. The Hall–Kier alpha value is -2.63. The van der Waals surface area contributed by atoms with Gasteiger partial charge in [-0.05, 0) is 30.7 Å². The van der Waals surface area contributed by atoms with Gasteiger partial charge in [0.2, 0.25) is 0 Å². The molecule has 2 unspecified atom stereocenters. The number of rotatable bonds is 3. The molecule has 4 rings (SSSR count). The number of hydrogen-bond acceptors (Lipinski definition) is 2. The van der Waals surface area contributed by atoms with Crippen molar-refractivity contribution in [1.82, 2.24) is 14.7 Å². The normalized spacial score (nSPS) is 22.0. The molecule has 0 spiro atoms. The molecule has 0 bridgehead atoms. The average molecular weight is 340 g/mol. The van der Waals surface area contributed by atoms with Crippen molar-refractivity contribution in [3.8, 4) is 0 Å². The molecule has 2 amide bonds. The number of carbonyl (C=O) groups excluding carboxylic acids is 1. The van der Waals surface area contributed by atoms with E-state index in [-0.39, 0.29) is 11.8 Å². The Kier molecular flexibility index (Phi) is 4.26. The molecule has 6 heteroatoms. The van der Waals surface area contributed by atoms with Gasteiger partial charge in [0.05, 0.1) is 18.4 Å². The summed E-state index contributed by atoms with van der Waals surface area (Å²) in [6.45, 7) is 1.95. The van der Waals surface area contributed by atoms with Gasteiger partial charge in [-0.25, -0.2) is 9.18 Å². The molecule has 1 fully saturated rings. The Labute approximate surface area is 146 Å². The van der Waals surface area contributed by atoms with Crippen molar-refractivity contribution in [1.29, 1.82) is 0 Å². The van der Waals surface area contributed by atoms with Gasteiger partial charge >= 0.3 is 6.03 Å². The molecule has 1 saturated heterocycles. The summed E-state index contributed by atoms with van der Waals surface area (Å²) in [5.74, 6) is 0.913. The number of allylic oxidation sites excluding steroid dienone is 2. The van der Waals surface area contributed by atoms with E-state index >= 15 is 0 Å². The molecular weight excluding hydrogens is 319 g/mol. The predicted molar refractivity (Wildman–Crippen MR) is 93.7 cm³/mol. The minimum absolute atomic E-state index is 0.0835. The Bertz CT molecular complexity index is 784. The zero-order valence-electron chi connectivity index (χ0n) is 13.9. The maximum absolute atomic E-state index is 13.7. The lowest BCUT2D eigenvalue weighted by Crippen LogP contribution is -2.33. The number of fused-ring (bicyclic) bond motifs is 1. The second kappa shape index (κ2) is 6.70. The first-order chi connectivity index (χ1) is 12.2. The number of nitrogens with one attached hydrogen (secondary N) is 1. The highest BCUT2D eigenvalue weighted by molar-refractivity contribution is 5.89. The molecule has 0 saturated carbocycles. The molecule has 1 aliphatic heterocycles. The summed E-state index contributed by atoms with van der Waals surface area (Å²) in [7, 11) is 0. The quantitative estimate of drug-likeness (QED) is 0.870. The standard InChI is InChI=1S/C19H21FN4O/c20-18-8-4-3-7-16(18)12-24-13-17(9-21-24)22-19(25)23-10-14-5-1-2-6-15(14)11-23/h1-4,7-9,13-15H,5-6,10-12H2,(H,22,25). The average Bonchev–Trinajstić information content (AvgIpc) is 3.23. The van der Waals surface area contributed by atoms with Gasteiger partial charge in [-0.1, -0.05) is 30.4 Å². The molecule has 25 heavy (non-hydrogen) atoms. The van der Waals surface area contributed by atoms with Gasteiger partial charge in [-0.3, -0.25) is 4.68 Å². The van der Waals surface area contributed by atoms with Gasteiger partial charge in [0.1, 0.15) is 5.82 Å². The number of anilines is 1. The van der Waals surface area contributed by atoms with Crippen LogP contribution in [0.1, 0.15) is 18.4 Å². The lowest BCUT2D eigenvalue weighted by atomic mass is 9.86. The van der Waals surface area contributed by atoms with Crippen molar-refractivity contribution in [3.05, 3.63) is 60.2 Å². The Morgan fingerprint density at radius 1 is 1.20 bits per heavy atom. The van der Waals surface area contributed by atoms with E-state index in [4.69, 9.17) is 0 Å². The molecule has 1 aliphatic carbocycles. The minimum atomic E-state index is -0.253. The van der Waals surface area contributed by atoms with E-state index in [1.165, 1.54) is 6.07 Å². The number of carbonyl (C=O) groups is 1. The topological polar surface area (TPSA) is 50.2 Å². The van der Waals surface area contributed by atoms with Gasteiger partial charge in [0, 0.05) is 24.8 Å². The van der Waals surface area contributed by atoms with E-state index in [0.717, 1.165) is 25.9 Å². The first kappa shape index (κ1) is 15.9. The third-order valence-electron chi connectivity index (χ3n) is 5.08. The highest BCUT2D eigenvalue weighted by Crippen LogP contribution is 2.32. The summed E-state index contributed by atoms with van der Waals surface area (Å²) in [6.07, 6.45) is 9.90. The number of benzene rings is 1. The lowest BCUT2D eigenvalue weighted by molar-refractivity contribution is 0.220. The van der Waals surface area contributed by atoms with Crippen LogP contribution in [-0.4, -0.2) is 33.8 Å². The highest BCUT2D eigenvalue weighted by atomic mass is 19.1. The minimum Gasteiger partial charge on any atom is -0.324 e. The van der Waals surface area contributed by atoms with E-state index in [9.17, 15) is 9.18 Å². The van der Waals surface area contributed by atoms with Gasteiger partial charge in [-0.15, -0.1) is 0 Å². The van der Waals surface area contributed by atoms with Crippen molar-refractivity contribution in [2.45, 2.75) is 19.4 Å². The molecule has 2 aromatic rings. The molecule has 1 N–H and O–H groups in total. The van der Waals surface area contributed by atoms with Crippen LogP contribution in [0.4, 0.5) is 14.9 Å². The first-order valence-electron chi connectivity index (χ1n) is 8.66. The molecule has 2 atom stereocenters. The summed E-state index contributed by atoms with van der Waals surface area (Å²) in [5.41, 5.74) is 1.20. The highest BCUT2D eigenvalue weighted by Gasteiger charge is 2.35. The van der Waals surface area contributed by atoms with Crippen LogP contribution in [0.5, 0.6) is 0 Å². The monoisotopic (exact) mass is 340 g/mol. The van der Waals surface area contributed by atoms with Gasteiger partial charge in [0.15, 0.2) is 0 Å². The van der Waals surface area contributed by atoms with Crippen LogP contribution >= 0.6 is 0 Å². The van der Waals surface area contributed by atoms with Gasteiger partial charge in [0.25, 0.3) is 0 Å². The van der Waals surface area contributed by atoms with Crippen LogP contribution < -0.4 is 5.32 Å². The summed E-state index contributed by atoms with van der Waals surface area (Å²) in [5, 5.41) is 7.12. The molecule has 1 aromatic heterocycles. The Balaban J connectivity index is 1.36. The fraction of sp³-hybridized carbons (Fsp3) is 0.368. The summed E-state index contributed by atoms with van der Waals surface area (Å²) in [4.78, 5) is 14.4. The maximum atomic E-state index is 13.7. The number of urea groups is 1. The van der Waals surface area contributed by atoms with E-state index in [0.29, 0.717) is 29.6 Å². The van der Waals surface area contributed by atoms with E-state index in [1.807, 2.05) is 4.90 Å². The maximum Gasteiger partial charge on any atom is 0.321 e. The lowest BCUT2D eigenvalue weighted by Gasteiger charge is -2.17. The van der Waals surface area contributed by atoms with Crippen LogP contribution in [-0.2, 0) is 6.54 Å². The number of nitrogens with zero attached hydrogens (tertiary/aromatic N) is 3. The summed E-state index contributed by atoms with van der Waals surface area (Å²) in [6, 6.07) is 6.54. The molecule has 1 aromatic carbocycles. The van der Waals surface area contributed by atoms with Crippen molar-refractivity contribution in [3.63, 3.8) is 0 Å². The molecule has 130 valence electrons. The van der Waals surface area contributed by atoms with Gasteiger partial charge < -0.3 is 10.2 Å². The van der Waals surface area contributed by atoms with E-state index in [2.05, 4.69) is 22.6 Å². The predicted octanol–water partition coefficient (Wildman–Crippen LogP) is 3.50. The Morgan fingerprint density at radius 2 is 1.92 bits per heavy atom. The fourth-order valence-corrected chi connectivity index (χ4v) is 3.70. The van der Waals surface area contributed by atoms with Crippen LogP contribution in [0.2, 0.25) is 0 Å². The van der Waals surface area contributed by atoms with E-state index < -0.39 is 0 Å². The van der Waals surface area contributed by atoms with Crippen LogP contribution in [0.15, 0.2) is 48.8 Å². The molecule has 2 aliphatic rings. The number of amides is 2. The SMILES string of the molecule is O=C(Nc1cnn(Cc2ccccc2F)c1)N1CC2CC=CCC2C1. The first-order valence-corrected chi connectivity index (χ1v) is 8.66. The third-order valence-corrected chi connectivity index (χ3v) is 5.08. The molecular formula is C19H21FN4O. The van der Waals surface area contributed by atoms with Crippen molar-refractivity contribution < 1.29 is 9.18 Å². The molecule has 0 radical (unpaired) electrons. The second-order valence-electron chi connectivity index (χ2n) is 6.82. The number of aromatic nitrogens is 2. The van der Waals surface area contributed by atoms with Crippen molar-refractivity contribution in [2.24, 2.45) is 11.8 Å². The van der Waals surface area contributed by atoms with Crippen LogP contribution in [0.25, 0.3) is 0 Å². The molecule has 5 nitrogen and oxygen atoms in total. The summed E-state index contributed by atoms with van der Waals surface area (Å²) >= 11 is 0. The van der Waals surface area contributed by atoms with E-state index in [1.54, 1.807) is 35.3 Å². The number of likely N-dealkylation sites (tertiary alicyclic amines) is 1. The van der Waals surface area contributed by atoms with Crippen LogP contribution in [0.3, 0.4) is 0 Å². The molecule has 2 heterocycles. The largest absolute Gasteiger partial charge is 0.324 e. The summed E-state index contributed by atoms with van der Waals surface area (Å²) < 4.78 is 15.3. The van der Waals surface area contributed by atoms with Crippen LogP contribution in [0, 0.1) is 17.7 Å². The zero-order chi connectivity index (χ0) is 17.2. The van der Waals surface area contributed by atoms with Crippen molar-refractivity contribution >= 4 is 11.7 Å². The van der Waals surface area contributed by atoms with Crippen molar-refractivity contribution in [2.75, 3.05) is 18.4 Å². The third kappa shape index (κ3) is 3.43. The smallest absolute Gasteiger partial charge is 0.321 e. The van der Waals surface area contributed by atoms with Gasteiger partial charge in [-0.2, -0.15) is 5.10 Å². The Morgan fingerprint density at radius 3 is 2.64 bits per heavy atom. The zero-order valence-corrected chi connectivity index (χ0v) is 13.9. The number of hydrogen-bond donors (Lipinski definition) is 1.